The second kappa shape index (κ2) is 14.9. The van der Waals surface area contributed by atoms with Crippen molar-refractivity contribution in [3.8, 4) is 0 Å². The van der Waals surface area contributed by atoms with Gasteiger partial charge in [-0.3, -0.25) is 9.79 Å². The summed E-state index contributed by atoms with van der Waals surface area (Å²) in [5.41, 5.74) is 1.93. The van der Waals surface area contributed by atoms with E-state index in [2.05, 4.69) is 20.9 Å². The molecule has 0 aliphatic rings. The summed E-state index contributed by atoms with van der Waals surface area (Å²) in [7, 11) is 1.75. The van der Waals surface area contributed by atoms with Gasteiger partial charge in [-0.25, -0.2) is 0 Å². The van der Waals surface area contributed by atoms with E-state index in [0.717, 1.165) is 42.4 Å². The molecule has 0 spiro atoms. The molecule has 160 valence electrons. The van der Waals surface area contributed by atoms with Crippen LogP contribution in [0.3, 0.4) is 0 Å². The molecule has 0 radical (unpaired) electrons. The summed E-state index contributed by atoms with van der Waals surface area (Å²) >= 11 is 0. The average molecular weight is 514 g/mol. The number of ether oxygens (including phenoxy) is 1. The first-order valence-electron chi connectivity index (χ1n) is 9.64. The molecule has 1 heterocycles. The molecule has 7 nitrogen and oxygen atoms in total. The molecule has 2 rings (SSSR count). The molecular formula is C21H31IN4O3. The van der Waals surface area contributed by atoms with E-state index in [1.54, 1.807) is 13.3 Å². The van der Waals surface area contributed by atoms with Crippen LogP contribution in [0, 0.1) is 0 Å². The number of benzene rings is 1. The van der Waals surface area contributed by atoms with Gasteiger partial charge in [0.15, 0.2) is 5.96 Å². The lowest BCUT2D eigenvalue weighted by Gasteiger charge is -2.12. The van der Waals surface area contributed by atoms with E-state index in [-0.39, 0.29) is 29.9 Å². The Morgan fingerprint density at radius 3 is 2.62 bits per heavy atom. The minimum absolute atomic E-state index is 0. The van der Waals surface area contributed by atoms with Crippen LogP contribution >= 0.6 is 24.0 Å². The number of nitrogens with one attached hydrogen (secondary N) is 3. The first-order valence-corrected chi connectivity index (χ1v) is 9.64. The Morgan fingerprint density at radius 1 is 1.17 bits per heavy atom. The minimum atomic E-state index is 0. The maximum Gasteiger partial charge on any atom is 0.224 e. The zero-order chi connectivity index (χ0) is 20.0. The van der Waals surface area contributed by atoms with E-state index in [1.165, 1.54) is 0 Å². The van der Waals surface area contributed by atoms with Gasteiger partial charge in [-0.1, -0.05) is 19.1 Å². The Morgan fingerprint density at radius 2 is 1.97 bits per heavy atom. The van der Waals surface area contributed by atoms with Gasteiger partial charge in [-0.2, -0.15) is 0 Å². The van der Waals surface area contributed by atoms with E-state index in [9.17, 15) is 4.79 Å². The van der Waals surface area contributed by atoms with Gasteiger partial charge >= 0.3 is 0 Å². The molecular weight excluding hydrogens is 483 g/mol. The van der Waals surface area contributed by atoms with Crippen molar-refractivity contribution in [2.45, 2.75) is 39.3 Å². The lowest BCUT2D eigenvalue weighted by atomic mass is 10.2. The largest absolute Gasteiger partial charge is 0.467 e. The van der Waals surface area contributed by atoms with Gasteiger partial charge in [-0.15, -0.1) is 24.0 Å². The summed E-state index contributed by atoms with van der Waals surface area (Å²) in [6.45, 7) is 4.55. The lowest BCUT2D eigenvalue weighted by Crippen LogP contribution is -2.37. The zero-order valence-electron chi connectivity index (χ0n) is 17.1. The SMILES string of the molecule is CCCC(=O)Nc1ccc(CNC(=NC)NCCCOCc2ccco2)cc1.I. The molecule has 29 heavy (non-hydrogen) atoms. The van der Waals surface area contributed by atoms with E-state index >= 15 is 0 Å². The number of aliphatic imine (C=N–C) groups is 1. The van der Waals surface area contributed by atoms with Gasteiger partial charge in [-0.05, 0) is 42.7 Å². The number of rotatable bonds is 11. The third-order valence-corrected chi connectivity index (χ3v) is 3.98. The number of amides is 1. The van der Waals surface area contributed by atoms with Gasteiger partial charge in [0.25, 0.3) is 0 Å². The quantitative estimate of drug-likeness (QED) is 0.183. The molecule has 3 N–H and O–H groups in total. The topological polar surface area (TPSA) is 87.9 Å². The number of hydrogen-bond acceptors (Lipinski definition) is 4. The molecule has 8 heteroatoms. The summed E-state index contributed by atoms with van der Waals surface area (Å²) in [6.07, 6.45) is 3.90. The van der Waals surface area contributed by atoms with E-state index in [4.69, 9.17) is 9.15 Å². The van der Waals surface area contributed by atoms with Crippen LogP contribution in [-0.4, -0.2) is 32.1 Å². The molecule has 1 aromatic carbocycles. The molecule has 0 bridgehead atoms. The monoisotopic (exact) mass is 514 g/mol. The van der Waals surface area contributed by atoms with Gasteiger partial charge in [0.2, 0.25) is 5.91 Å². The molecule has 0 saturated carbocycles. The smallest absolute Gasteiger partial charge is 0.224 e. The van der Waals surface area contributed by atoms with Crippen molar-refractivity contribution < 1.29 is 13.9 Å². The van der Waals surface area contributed by atoms with Gasteiger partial charge < -0.3 is 25.1 Å². The summed E-state index contributed by atoms with van der Waals surface area (Å²) < 4.78 is 10.8. The highest BCUT2D eigenvalue weighted by molar-refractivity contribution is 14.0. The van der Waals surface area contributed by atoms with Crippen LogP contribution in [0.1, 0.15) is 37.5 Å². The van der Waals surface area contributed by atoms with E-state index in [0.29, 0.717) is 26.2 Å². The van der Waals surface area contributed by atoms with Crippen molar-refractivity contribution in [3.05, 3.63) is 54.0 Å². The number of guanidine groups is 1. The third-order valence-electron chi connectivity index (χ3n) is 3.98. The van der Waals surface area contributed by atoms with Gasteiger partial charge in [0, 0.05) is 38.9 Å². The predicted octanol–water partition coefficient (Wildman–Crippen LogP) is 3.91. The molecule has 0 atom stereocenters. The molecule has 0 saturated heterocycles. The van der Waals surface area contributed by atoms with E-state index < -0.39 is 0 Å². The minimum Gasteiger partial charge on any atom is -0.467 e. The fourth-order valence-electron chi connectivity index (χ4n) is 2.51. The van der Waals surface area contributed by atoms with Crippen molar-refractivity contribution in [3.63, 3.8) is 0 Å². The zero-order valence-corrected chi connectivity index (χ0v) is 19.4. The fraction of sp³-hybridized carbons (Fsp3) is 0.429. The highest BCUT2D eigenvalue weighted by Crippen LogP contribution is 2.10. The summed E-state index contributed by atoms with van der Waals surface area (Å²) in [4.78, 5) is 15.8. The van der Waals surface area contributed by atoms with Crippen molar-refractivity contribution in [2.24, 2.45) is 4.99 Å². The van der Waals surface area contributed by atoms with E-state index in [1.807, 2.05) is 43.3 Å². The molecule has 0 unspecified atom stereocenters. The molecule has 1 amide bonds. The number of nitrogens with zero attached hydrogens (tertiary/aromatic N) is 1. The van der Waals surface area contributed by atoms with Crippen LogP contribution in [0.2, 0.25) is 0 Å². The third kappa shape index (κ3) is 10.3. The van der Waals surface area contributed by atoms with Crippen LogP contribution in [0.15, 0.2) is 52.1 Å². The maximum absolute atomic E-state index is 11.6. The van der Waals surface area contributed by atoms with Gasteiger partial charge in [0.1, 0.15) is 12.4 Å². The molecule has 0 aliphatic heterocycles. The Bertz CT molecular complexity index is 718. The second-order valence-electron chi connectivity index (χ2n) is 6.33. The maximum atomic E-state index is 11.6. The van der Waals surface area contributed by atoms with Crippen LogP contribution in [-0.2, 0) is 22.7 Å². The van der Waals surface area contributed by atoms with Crippen LogP contribution in [0.25, 0.3) is 0 Å². The number of anilines is 1. The highest BCUT2D eigenvalue weighted by atomic mass is 127. The first kappa shape index (κ1) is 25.0. The average Bonchev–Trinajstić information content (AvgIpc) is 3.21. The molecule has 0 aliphatic carbocycles. The van der Waals surface area contributed by atoms with Crippen molar-refractivity contribution >= 4 is 41.5 Å². The Hall–Kier alpha value is -2.07. The Labute approximate surface area is 189 Å². The highest BCUT2D eigenvalue weighted by Gasteiger charge is 2.02. The normalized spacial score (nSPS) is 10.9. The Kier molecular flexibility index (Phi) is 12.8. The fourth-order valence-corrected chi connectivity index (χ4v) is 2.51. The Balaban J connectivity index is 0.00000420. The lowest BCUT2D eigenvalue weighted by molar-refractivity contribution is -0.116. The number of halogens is 1. The predicted molar refractivity (Wildman–Crippen MR) is 127 cm³/mol. The molecule has 2 aromatic rings. The molecule has 0 fully saturated rings. The van der Waals surface area contributed by atoms with Crippen molar-refractivity contribution in [2.75, 3.05) is 25.5 Å². The van der Waals surface area contributed by atoms with Gasteiger partial charge in [0.05, 0.1) is 6.26 Å². The second-order valence-corrected chi connectivity index (χ2v) is 6.33. The number of carbonyl (C=O) groups is 1. The standard InChI is InChI=1S/C21H30N4O3.HI/c1-3-6-20(26)25-18-10-8-17(9-11-18)15-24-21(22-2)23-12-5-13-27-16-19-7-4-14-28-19;/h4,7-11,14H,3,5-6,12-13,15-16H2,1-2H3,(H,25,26)(H2,22,23,24);1H. The van der Waals surface area contributed by atoms with Crippen molar-refractivity contribution in [1.29, 1.82) is 0 Å². The number of furan rings is 1. The summed E-state index contributed by atoms with van der Waals surface area (Å²) in [5, 5.41) is 9.43. The number of hydrogen-bond donors (Lipinski definition) is 3. The summed E-state index contributed by atoms with van der Waals surface area (Å²) in [5.74, 6) is 1.62. The van der Waals surface area contributed by atoms with Crippen LogP contribution < -0.4 is 16.0 Å². The number of carbonyl (C=O) groups excluding carboxylic acids is 1. The summed E-state index contributed by atoms with van der Waals surface area (Å²) in [6, 6.07) is 11.6. The van der Waals surface area contributed by atoms with Crippen LogP contribution in [0.4, 0.5) is 5.69 Å². The van der Waals surface area contributed by atoms with Crippen LogP contribution in [0.5, 0.6) is 0 Å². The first-order chi connectivity index (χ1) is 13.7. The molecule has 1 aromatic heterocycles. The van der Waals surface area contributed by atoms with Crippen molar-refractivity contribution in [1.82, 2.24) is 10.6 Å².